The van der Waals surface area contributed by atoms with Gasteiger partial charge in [0.05, 0.1) is 0 Å². The fourth-order valence-electron chi connectivity index (χ4n) is 7.17. The molecule has 0 unspecified atom stereocenters. The van der Waals surface area contributed by atoms with Gasteiger partial charge in [0.25, 0.3) is 0 Å². The Bertz CT molecular complexity index is 2520. The molecule has 5 nitrogen and oxygen atoms in total. The first-order valence-corrected chi connectivity index (χ1v) is 18.1. The van der Waals surface area contributed by atoms with Crippen molar-refractivity contribution in [3.05, 3.63) is 201 Å². The van der Waals surface area contributed by atoms with E-state index in [2.05, 4.69) is 123 Å². The number of rotatable bonds is 8. The van der Waals surface area contributed by atoms with E-state index in [1.165, 1.54) is 16.7 Å². The number of nitrogens with zero attached hydrogens (tertiary/aromatic N) is 5. The normalized spacial score (nSPS) is 12.5. The quantitative estimate of drug-likeness (QED) is 0.158. The minimum Gasteiger partial charge on any atom is -0.264 e. The van der Waals surface area contributed by atoms with Crippen LogP contribution in [0.5, 0.6) is 0 Å². The summed E-state index contributed by atoms with van der Waals surface area (Å²) < 4.78 is 0. The lowest BCUT2D eigenvalue weighted by Gasteiger charge is -2.17. The maximum atomic E-state index is 4.75. The van der Waals surface area contributed by atoms with Crippen LogP contribution in [-0.2, 0) is 0 Å². The highest BCUT2D eigenvalue weighted by Gasteiger charge is 2.15. The monoisotopic (exact) mass is 693 g/mol. The highest BCUT2D eigenvalue weighted by molar-refractivity contribution is 5.89. The number of hydrogen-bond donors (Lipinski definition) is 0. The molecule has 3 aromatic carbocycles. The van der Waals surface area contributed by atoms with Crippen LogP contribution >= 0.6 is 0 Å². The average molecular weight is 694 g/mol. The summed E-state index contributed by atoms with van der Waals surface area (Å²) in [6.07, 6.45) is 25.4. The lowest BCUT2D eigenvalue weighted by atomic mass is 9.87. The van der Waals surface area contributed by atoms with E-state index in [0.717, 1.165) is 85.2 Å². The summed E-state index contributed by atoms with van der Waals surface area (Å²) in [6, 6.07) is 40.9. The molecule has 0 aliphatic heterocycles. The molecule has 0 fully saturated rings. The molecule has 0 saturated carbocycles. The molecule has 1 aliphatic carbocycles. The van der Waals surface area contributed by atoms with Gasteiger partial charge in [0.15, 0.2) is 0 Å². The van der Waals surface area contributed by atoms with Crippen LogP contribution < -0.4 is 0 Å². The molecule has 0 atom stereocenters. The molecule has 5 heterocycles. The Morgan fingerprint density at radius 2 is 0.685 bits per heavy atom. The second kappa shape index (κ2) is 14.9. The van der Waals surface area contributed by atoms with Crippen LogP contribution in [0.25, 0.3) is 77.9 Å². The topological polar surface area (TPSA) is 64.5 Å². The summed E-state index contributed by atoms with van der Waals surface area (Å²) in [5, 5.41) is 0. The van der Waals surface area contributed by atoms with Crippen LogP contribution in [0.1, 0.15) is 24.0 Å². The number of aromatic nitrogens is 5. The molecule has 0 radical (unpaired) electrons. The van der Waals surface area contributed by atoms with Gasteiger partial charge in [-0.05, 0) is 141 Å². The predicted molar refractivity (Wildman–Crippen MR) is 220 cm³/mol. The van der Waals surface area contributed by atoms with Crippen LogP contribution in [0.15, 0.2) is 189 Å². The number of benzene rings is 3. The van der Waals surface area contributed by atoms with Gasteiger partial charge < -0.3 is 0 Å². The van der Waals surface area contributed by atoms with Gasteiger partial charge in [0.2, 0.25) is 0 Å². The van der Waals surface area contributed by atoms with Crippen LogP contribution in [-0.4, -0.2) is 24.9 Å². The molecular formula is C49H35N5. The van der Waals surface area contributed by atoms with E-state index in [1.54, 1.807) is 0 Å². The number of allylic oxidation sites excluding steroid dienone is 4. The molecule has 5 aromatic heterocycles. The molecule has 0 bridgehead atoms. The molecular weight excluding hydrogens is 659 g/mol. The van der Waals surface area contributed by atoms with E-state index < -0.39 is 0 Å². The van der Waals surface area contributed by atoms with Gasteiger partial charge in [-0.3, -0.25) is 24.9 Å². The maximum absolute atomic E-state index is 4.75. The van der Waals surface area contributed by atoms with Crippen molar-refractivity contribution in [1.29, 1.82) is 0 Å². The lowest BCUT2D eigenvalue weighted by Crippen LogP contribution is -1.96. The van der Waals surface area contributed by atoms with Crippen LogP contribution in [0.4, 0.5) is 0 Å². The summed E-state index contributed by atoms with van der Waals surface area (Å²) in [4.78, 5) is 22.3. The van der Waals surface area contributed by atoms with E-state index in [0.29, 0.717) is 0 Å². The molecule has 0 saturated heterocycles. The van der Waals surface area contributed by atoms with Crippen molar-refractivity contribution in [3.8, 4) is 66.8 Å². The largest absolute Gasteiger partial charge is 0.264 e. The highest BCUT2D eigenvalue weighted by Crippen LogP contribution is 2.38. The van der Waals surface area contributed by atoms with Crippen molar-refractivity contribution in [3.63, 3.8) is 0 Å². The first-order valence-electron chi connectivity index (χ1n) is 18.1. The molecule has 5 heteroatoms. The Labute approximate surface area is 315 Å². The average Bonchev–Trinajstić information content (AvgIpc) is 3.27. The van der Waals surface area contributed by atoms with Crippen molar-refractivity contribution >= 4 is 11.1 Å². The maximum Gasteiger partial charge on any atom is 0.0346 e. The van der Waals surface area contributed by atoms with Gasteiger partial charge in [-0.2, -0.15) is 0 Å². The van der Waals surface area contributed by atoms with Crippen molar-refractivity contribution in [2.75, 3.05) is 0 Å². The van der Waals surface area contributed by atoms with Gasteiger partial charge >= 0.3 is 0 Å². The Morgan fingerprint density at radius 1 is 0.315 bits per heavy atom. The van der Waals surface area contributed by atoms with Gasteiger partial charge in [-0.25, -0.2) is 0 Å². The summed E-state index contributed by atoms with van der Waals surface area (Å²) >= 11 is 0. The van der Waals surface area contributed by atoms with Crippen molar-refractivity contribution in [2.45, 2.75) is 12.8 Å². The third-order valence-corrected chi connectivity index (χ3v) is 9.92. The zero-order valence-corrected chi connectivity index (χ0v) is 29.5. The molecule has 8 aromatic rings. The van der Waals surface area contributed by atoms with Gasteiger partial charge in [-0.1, -0.05) is 54.6 Å². The number of hydrogen-bond acceptors (Lipinski definition) is 5. The van der Waals surface area contributed by atoms with E-state index in [9.17, 15) is 0 Å². The fourth-order valence-corrected chi connectivity index (χ4v) is 7.17. The Kier molecular flexibility index (Phi) is 9.02. The molecule has 9 rings (SSSR count). The van der Waals surface area contributed by atoms with Crippen LogP contribution in [0, 0.1) is 0 Å². The van der Waals surface area contributed by atoms with Crippen LogP contribution in [0.2, 0.25) is 0 Å². The van der Waals surface area contributed by atoms with Crippen molar-refractivity contribution in [2.24, 2.45) is 0 Å². The summed E-state index contributed by atoms with van der Waals surface area (Å²) in [5.41, 5.74) is 18.1. The Morgan fingerprint density at radius 3 is 1.17 bits per heavy atom. The first-order chi connectivity index (χ1) is 26.7. The zero-order valence-electron chi connectivity index (χ0n) is 29.5. The second-order valence-electron chi connectivity index (χ2n) is 13.5. The summed E-state index contributed by atoms with van der Waals surface area (Å²) in [7, 11) is 0. The standard InChI is InChI=1S/C49H35N5/c1-7-34(42-21-44(38-11-3-15-50-28-38)25-45(22-42)39-12-4-16-51-29-39)19-36(9-1)48-27-49(33-54-32-48)37-10-2-8-35(20-37)43-23-46(40-13-5-17-52-30-40)26-47(24-43)41-14-6-18-53-31-41/h1,3-7,9-33H,2,8H2. The smallest absolute Gasteiger partial charge is 0.0346 e. The highest BCUT2D eigenvalue weighted by atomic mass is 14.6. The fraction of sp³-hybridized carbons (Fsp3) is 0.0408. The Hall–Kier alpha value is -7.11. The van der Waals surface area contributed by atoms with E-state index in [4.69, 9.17) is 4.98 Å². The van der Waals surface area contributed by atoms with E-state index in [1.807, 2.05) is 86.2 Å². The minimum absolute atomic E-state index is 0.951. The Balaban J connectivity index is 1.06. The summed E-state index contributed by atoms with van der Waals surface area (Å²) in [6.45, 7) is 0. The molecule has 256 valence electrons. The zero-order chi connectivity index (χ0) is 36.1. The van der Waals surface area contributed by atoms with Gasteiger partial charge in [0.1, 0.15) is 0 Å². The molecule has 1 aliphatic rings. The van der Waals surface area contributed by atoms with Gasteiger partial charge in [-0.15, -0.1) is 0 Å². The van der Waals surface area contributed by atoms with Gasteiger partial charge in [0, 0.05) is 95.3 Å². The second-order valence-corrected chi connectivity index (χ2v) is 13.5. The lowest BCUT2D eigenvalue weighted by molar-refractivity contribution is 1.06. The third kappa shape index (κ3) is 7.03. The van der Waals surface area contributed by atoms with E-state index >= 15 is 0 Å². The van der Waals surface area contributed by atoms with Crippen molar-refractivity contribution in [1.82, 2.24) is 24.9 Å². The third-order valence-electron chi connectivity index (χ3n) is 9.92. The SMILES string of the molecule is C1=C(c2cncc(-c3cccc(-c4cc(-c5cccnc5)cc(-c5cccnc5)c4)c3)c2)C=C(c2cc(-c3cccnc3)cc(-c3cccnc3)c2)CC1. The molecule has 54 heavy (non-hydrogen) atoms. The van der Waals surface area contributed by atoms with Crippen molar-refractivity contribution < 1.29 is 0 Å². The number of pyridine rings is 5. The molecule has 0 N–H and O–H groups in total. The van der Waals surface area contributed by atoms with Crippen LogP contribution in [0.3, 0.4) is 0 Å². The molecule has 0 spiro atoms. The predicted octanol–water partition coefficient (Wildman–Crippen LogP) is 11.9. The minimum atomic E-state index is 0.951. The van der Waals surface area contributed by atoms with E-state index in [-0.39, 0.29) is 0 Å². The summed E-state index contributed by atoms with van der Waals surface area (Å²) in [5.74, 6) is 0. The first kappa shape index (κ1) is 32.8. The molecule has 0 amide bonds.